The fraction of sp³-hybridized carbons (Fsp3) is 0.294. The molecule has 4 nitrogen and oxygen atoms in total. The Morgan fingerprint density at radius 3 is 2.48 bits per heavy atom. The van der Waals surface area contributed by atoms with Crippen molar-refractivity contribution < 1.29 is 14.3 Å². The number of hydrogen-bond donors (Lipinski definition) is 1. The Bertz CT molecular complexity index is 653. The van der Waals surface area contributed by atoms with Crippen molar-refractivity contribution in [1.29, 1.82) is 0 Å². The number of rotatable bonds is 6. The maximum atomic E-state index is 12.3. The molecule has 0 bridgehead atoms. The maximum Gasteiger partial charge on any atom is 0.329 e. The van der Waals surface area contributed by atoms with Gasteiger partial charge in [0.15, 0.2) is 0 Å². The van der Waals surface area contributed by atoms with Crippen LogP contribution in [0.1, 0.15) is 29.1 Å². The average Bonchev–Trinajstić information content (AvgIpc) is 3.05. The molecular weight excluding hydrogens is 334 g/mol. The largest absolute Gasteiger partial charge is 0.459 e. The monoisotopic (exact) mass is 351 g/mol. The number of halogens is 1. The second-order valence-corrected chi connectivity index (χ2v) is 6.79. The van der Waals surface area contributed by atoms with E-state index in [9.17, 15) is 9.59 Å². The van der Waals surface area contributed by atoms with Crippen LogP contribution in [0.2, 0.25) is 5.02 Å². The van der Waals surface area contributed by atoms with E-state index in [1.54, 1.807) is 36.4 Å². The molecule has 0 saturated carbocycles. The van der Waals surface area contributed by atoms with Gasteiger partial charge in [0.25, 0.3) is 5.91 Å². The van der Waals surface area contributed by atoms with E-state index in [1.165, 1.54) is 11.3 Å². The number of esters is 1. The Labute approximate surface area is 144 Å². The van der Waals surface area contributed by atoms with Gasteiger partial charge in [0.2, 0.25) is 0 Å². The standard InChI is InChI=1S/C17H18ClNO3S/c1-11(2)15(19-16(20)14-4-3-9-23-14)17(21)22-10-12-5-7-13(18)8-6-12/h3-9,11,15H,10H2,1-2H3,(H,19,20)/t15-/m1/s1. The molecule has 1 aromatic heterocycles. The third-order valence-corrected chi connectivity index (χ3v) is 4.37. The normalized spacial score (nSPS) is 12.0. The second kappa shape index (κ2) is 8.13. The molecule has 1 heterocycles. The number of carbonyl (C=O) groups excluding carboxylic acids is 2. The molecule has 0 aliphatic heterocycles. The first kappa shape index (κ1) is 17.5. The topological polar surface area (TPSA) is 55.4 Å². The van der Waals surface area contributed by atoms with Crippen LogP contribution in [-0.4, -0.2) is 17.9 Å². The molecule has 23 heavy (non-hydrogen) atoms. The van der Waals surface area contributed by atoms with Crippen LogP contribution in [0.3, 0.4) is 0 Å². The van der Waals surface area contributed by atoms with Crippen molar-refractivity contribution >= 4 is 34.8 Å². The highest BCUT2D eigenvalue weighted by Gasteiger charge is 2.26. The van der Waals surface area contributed by atoms with E-state index in [-0.39, 0.29) is 18.4 Å². The van der Waals surface area contributed by atoms with Crippen LogP contribution in [0.4, 0.5) is 0 Å². The second-order valence-electron chi connectivity index (χ2n) is 5.41. The van der Waals surface area contributed by atoms with Crippen LogP contribution >= 0.6 is 22.9 Å². The molecule has 0 spiro atoms. The van der Waals surface area contributed by atoms with Gasteiger partial charge in [-0.25, -0.2) is 4.79 Å². The van der Waals surface area contributed by atoms with Crippen molar-refractivity contribution in [1.82, 2.24) is 5.32 Å². The van der Waals surface area contributed by atoms with Crippen LogP contribution in [0.5, 0.6) is 0 Å². The Hall–Kier alpha value is -1.85. The van der Waals surface area contributed by atoms with E-state index >= 15 is 0 Å². The number of hydrogen-bond acceptors (Lipinski definition) is 4. The predicted octanol–water partition coefficient (Wildman–Crippen LogP) is 3.90. The minimum absolute atomic E-state index is 0.0726. The SMILES string of the molecule is CC(C)[C@@H](NC(=O)c1cccs1)C(=O)OCc1ccc(Cl)cc1. The molecule has 1 atom stereocenters. The van der Waals surface area contributed by atoms with Gasteiger partial charge in [-0.05, 0) is 35.1 Å². The lowest BCUT2D eigenvalue weighted by Crippen LogP contribution is -2.45. The first-order valence-corrected chi connectivity index (χ1v) is 8.48. The molecule has 2 rings (SSSR count). The average molecular weight is 352 g/mol. The van der Waals surface area contributed by atoms with E-state index < -0.39 is 12.0 Å². The fourth-order valence-electron chi connectivity index (χ4n) is 1.94. The molecular formula is C17H18ClNO3S. The zero-order valence-electron chi connectivity index (χ0n) is 12.9. The minimum Gasteiger partial charge on any atom is -0.459 e. The number of carbonyl (C=O) groups is 2. The van der Waals surface area contributed by atoms with Crippen molar-refractivity contribution in [2.45, 2.75) is 26.5 Å². The molecule has 0 unspecified atom stereocenters. The summed E-state index contributed by atoms with van der Waals surface area (Å²) < 4.78 is 5.32. The number of nitrogens with one attached hydrogen (secondary N) is 1. The van der Waals surface area contributed by atoms with E-state index in [1.807, 2.05) is 19.2 Å². The summed E-state index contributed by atoms with van der Waals surface area (Å²) in [6.07, 6.45) is 0. The Morgan fingerprint density at radius 1 is 1.22 bits per heavy atom. The van der Waals surface area contributed by atoms with Crippen molar-refractivity contribution in [3.8, 4) is 0 Å². The Kier molecular flexibility index (Phi) is 6.19. The molecule has 1 amide bonds. The Morgan fingerprint density at radius 2 is 1.91 bits per heavy atom. The fourth-order valence-corrected chi connectivity index (χ4v) is 2.70. The molecule has 0 fully saturated rings. The summed E-state index contributed by atoms with van der Waals surface area (Å²) in [5.74, 6) is -0.779. The van der Waals surface area contributed by atoms with Gasteiger partial charge >= 0.3 is 5.97 Å². The van der Waals surface area contributed by atoms with E-state index in [2.05, 4.69) is 5.32 Å². The van der Waals surface area contributed by atoms with Gasteiger partial charge in [-0.3, -0.25) is 4.79 Å². The van der Waals surface area contributed by atoms with Crippen LogP contribution in [-0.2, 0) is 16.1 Å². The van der Waals surface area contributed by atoms with E-state index in [0.29, 0.717) is 9.90 Å². The van der Waals surface area contributed by atoms with Crippen LogP contribution in [0.25, 0.3) is 0 Å². The number of thiophene rings is 1. The van der Waals surface area contributed by atoms with Gasteiger partial charge in [-0.15, -0.1) is 11.3 Å². The van der Waals surface area contributed by atoms with Crippen LogP contribution in [0, 0.1) is 5.92 Å². The van der Waals surface area contributed by atoms with Crippen molar-refractivity contribution in [2.75, 3.05) is 0 Å². The molecule has 0 aliphatic carbocycles. The van der Waals surface area contributed by atoms with Gasteiger partial charge in [0.05, 0.1) is 4.88 Å². The molecule has 0 aliphatic rings. The van der Waals surface area contributed by atoms with Gasteiger partial charge < -0.3 is 10.1 Å². The Balaban J connectivity index is 1.95. The highest BCUT2D eigenvalue weighted by molar-refractivity contribution is 7.12. The summed E-state index contributed by atoms with van der Waals surface area (Å²) in [6.45, 7) is 3.87. The maximum absolute atomic E-state index is 12.3. The summed E-state index contributed by atoms with van der Waals surface area (Å²) in [5, 5.41) is 5.19. The summed E-state index contributed by atoms with van der Waals surface area (Å²) in [4.78, 5) is 25.0. The number of ether oxygens (including phenoxy) is 1. The van der Waals surface area contributed by atoms with Crippen molar-refractivity contribution in [3.63, 3.8) is 0 Å². The molecule has 1 N–H and O–H groups in total. The lowest BCUT2D eigenvalue weighted by Gasteiger charge is -2.20. The van der Waals surface area contributed by atoms with E-state index in [4.69, 9.17) is 16.3 Å². The molecule has 0 saturated heterocycles. The number of benzene rings is 1. The summed E-state index contributed by atoms with van der Waals surface area (Å²) >= 11 is 7.15. The van der Waals surface area contributed by atoms with Gasteiger partial charge in [-0.1, -0.05) is 43.6 Å². The van der Waals surface area contributed by atoms with Gasteiger partial charge in [0.1, 0.15) is 12.6 Å². The third-order valence-electron chi connectivity index (χ3n) is 3.25. The zero-order valence-corrected chi connectivity index (χ0v) is 14.5. The summed E-state index contributed by atoms with van der Waals surface area (Å²) in [6, 6.07) is 9.90. The molecule has 6 heteroatoms. The molecule has 2 aromatic rings. The number of amides is 1. The summed E-state index contributed by atoms with van der Waals surface area (Å²) in [5.41, 5.74) is 0.842. The first-order valence-electron chi connectivity index (χ1n) is 7.23. The predicted molar refractivity (Wildman–Crippen MR) is 91.7 cm³/mol. The quantitative estimate of drug-likeness (QED) is 0.803. The molecule has 122 valence electrons. The third kappa shape index (κ3) is 5.08. The summed E-state index contributed by atoms with van der Waals surface area (Å²) in [7, 11) is 0. The highest BCUT2D eigenvalue weighted by atomic mass is 35.5. The molecule has 0 radical (unpaired) electrons. The van der Waals surface area contributed by atoms with Gasteiger partial charge in [0, 0.05) is 5.02 Å². The lowest BCUT2D eigenvalue weighted by molar-refractivity contribution is -0.148. The highest BCUT2D eigenvalue weighted by Crippen LogP contribution is 2.13. The van der Waals surface area contributed by atoms with Crippen molar-refractivity contribution in [2.24, 2.45) is 5.92 Å². The lowest BCUT2D eigenvalue weighted by atomic mass is 10.0. The van der Waals surface area contributed by atoms with E-state index in [0.717, 1.165) is 5.56 Å². The first-order chi connectivity index (χ1) is 11.0. The smallest absolute Gasteiger partial charge is 0.329 e. The van der Waals surface area contributed by atoms with Crippen LogP contribution in [0.15, 0.2) is 41.8 Å². The minimum atomic E-state index is -0.683. The molecule has 1 aromatic carbocycles. The zero-order chi connectivity index (χ0) is 16.8. The van der Waals surface area contributed by atoms with Crippen molar-refractivity contribution in [3.05, 3.63) is 57.2 Å². The van der Waals surface area contributed by atoms with Crippen LogP contribution < -0.4 is 5.32 Å². The van der Waals surface area contributed by atoms with Gasteiger partial charge in [-0.2, -0.15) is 0 Å².